The molecule has 3 saturated heterocycles. The van der Waals surface area contributed by atoms with Crippen molar-refractivity contribution in [1.29, 1.82) is 0 Å². The van der Waals surface area contributed by atoms with Crippen molar-refractivity contribution in [3.63, 3.8) is 0 Å². The number of amides is 4. The molecule has 7 rings (SSSR count). The fourth-order valence-corrected chi connectivity index (χ4v) is 9.55. The molecule has 2 aromatic heterocycles. The van der Waals surface area contributed by atoms with Gasteiger partial charge in [0, 0.05) is 85.4 Å². The highest BCUT2D eigenvalue weighted by molar-refractivity contribution is 5.87. The quantitative estimate of drug-likeness (QED) is 0.0437. The van der Waals surface area contributed by atoms with E-state index in [1.807, 2.05) is 17.4 Å². The van der Waals surface area contributed by atoms with Crippen molar-refractivity contribution in [3.8, 4) is 23.1 Å². The van der Waals surface area contributed by atoms with Gasteiger partial charge >= 0.3 is 24.9 Å². The number of hydrogen-bond donors (Lipinski definition) is 5. The number of rotatable bonds is 18. The number of piperazine rings is 1. The lowest BCUT2D eigenvalue weighted by atomic mass is 9.82. The molecule has 0 radical (unpaired) electrons. The highest BCUT2D eigenvalue weighted by Crippen LogP contribution is 2.41. The minimum atomic E-state index is -5.09. The van der Waals surface area contributed by atoms with E-state index < -0.39 is 102 Å². The van der Waals surface area contributed by atoms with Crippen LogP contribution < -0.4 is 26.3 Å². The molecular weight excluding hydrogens is 1040 g/mol. The van der Waals surface area contributed by atoms with Crippen molar-refractivity contribution in [2.75, 3.05) is 51.9 Å². The molecule has 5 heterocycles. The lowest BCUT2D eigenvalue weighted by Crippen LogP contribution is -2.62. The molecule has 2 bridgehead atoms. The number of carbonyl (C=O) groups is 4. The molecule has 3 fully saturated rings. The summed E-state index contributed by atoms with van der Waals surface area (Å²) in [7, 11) is 2.12. The lowest BCUT2D eigenvalue weighted by Gasteiger charge is -2.47. The number of benzene rings is 2. The molecule has 4 aromatic rings. The Bertz CT molecular complexity index is 2800. The van der Waals surface area contributed by atoms with Crippen LogP contribution in [0.1, 0.15) is 76.3 Å². The molecule has 0 aliphatic carbocycles. The summed E-state index contributed by atoms with van der Waals surface area (Å²) in [6.07, 6.45) is -6.47. The van der Waals surface area contributed by atoms with Crippen LogP contribution in [0.4, 0.5) is 46.1 Å². The van der Waals surface area contributed by atoms with Gasteiger partial charge in [-0.3, -0.25) is 19.9 Å². The van der Waals surface area contributed by atoms with Gasteiger partial charge in [0.2, 0.25) is 5.91 Å². The first-order valence-corrected chi connectivity index (χ1v) is 25.1. The Hall–Kier alpha value is -7.01. The highest BCUT2D eigenvalue weighted by atomic mass is 19.4. The third-order valence-corrected chi connectivity index (χ3v) is 14.1. The number of halogens is 7. The number of nitrogens with one attached hydrogen (secondary N) is 4. The van der Waals surface area contributed by atoms with Crippen LogP contribution in [0.15, 0.2) is 67.0 Å². The topological polar surface area (TPSA) is 205 Å². The van der Waals surface area contributed by atoms with Gasteiger partial charge in [0.05, 0.1) is 49.6 Å². The van der Waals surface area contributed by atoms with E-state index in [2.05, 4.69) is 47.5 Å². The number of ether oxygens (including phenoxy) is 3. The van der Waals surface area contributed by atoms with Gasteiger partial charge in [-0.15, -0.1) is 0 Å². The van der Waals surface area contributed by atoms with Crippen LogP contribution in [0, 0.1) is 34.3 Å². The van der Waals surface area contributed by atoms with E-state index in [1.165, 1.54) is 7.05 Å². The van der Waals surface area contributed by atoms with Gasteiger partial charge in [0.25, 0.3) is 5.91 Å². The number of fused-ring (bicyclic) bond motifs is 2. The zero-order valence-electron chi connectivity index (χ0n) is 44.0. The molecular formula is C53H63F7N10O8. The summed E-state index contributed by atoms with van der Waals surface area (Å²) in [4.78, 5) is 62.6. The zero-order valence-corrected chi connectivity index (χ0v) is 44.0. The number of alkyl carbamates (subject to hydrolysis) is 2. The average Bonchev–Trinajstić information content (AvgIpc) is 3.96. The Labute approximate surface area is 446 Å². The van der Waals surface area contributed by atoms with Crippen molar-refractivity contribution in [3.05, 3.63) is 101 Å². The Morgan fingerprint density at radius 2 is 1.50 bits per heavy atom. The van der Waals surface area contributed by atoms with Gasteiger partial charge in [0.1, 0.15) is 23.5 Å². The van der Waals surface area contributed by atoms with Crippen LogP contribution in [0.2, 0.25) is 0 Å². The predicted octanol–water partition coefficient (Wildman–Crippen LogP) is 6.08. The fraction of sp³-hybridized carbons (Fsp3) is 0.509. The number of anilines is 1. The number of pyridine rings is 1. The van der Waals surface area contributed by atoms with Crippen LogP contribution in [0.5, 0.6) is 0 Å². The Morgan fingerprint density at radius 1 is 0.872 bits per heavy atom. The van der Waals surface area contributed by atoms with Gasteiger partial charge in [-0.1, -0.05) is 44.7 Å². The maximum atomic E-state index is 16.0. The van der Waals surface area contributed by atoms with Gasteiger partial charge in [-0.2, -0.15) is 27.1 Å². The number of hydrogen-bond acceptors (Lipinski definition) is 13. The standard InChI is InChI=1S/C53H63F7N10O8/c1-51(2,3)45(78-49(74)61-6)47(73)66-68(26-37-38(54)21-33(22-39(37)55)40-18-19-69(65-40)48(56)57)27-42(71)41(63-46(72)44(64-50(75)76-7)52(4,5)53(58,59)60)20-31-11-8-30(9-12-31)10-13-32-14-17-43(62-23-32)67-24-34-15-16-35(25-67)70(34)36-28-77-29-36/h8-9,11-12,14,17-19,21-23,34-36,41-42,44-45,48,71H,15-16,20,24-29H2,1-7H3,(H,61,74)(H,63,72)(H,64,75)(H,66,73)/t34-,35-,41-,42-,44+,45+/m0/s1. The molecule has 2 aromatic carbocycles. The van der Waals surface area contributed by atoms with Crippen molar-refractivity contribution >= 4 is 29.8 Å². The first kappa shape index (κ1) is 58.7. The first-order valence-electron chi connectivity index (χ1n) is 25.1. The highest BCUT2D eigenvalue weighted by Gasteiger charge is 2.56. The van der Waals surface area contributed by atoms with Gasteiger partial charge in [-0.05, 0) is 81.1 Å². The molecule has 0 unspecified atom stereocenters. The Morgan fingerprint density at radius 3 is 2.03 bits per heavy atom. The molecule has 18 nitrogen and oxygen atoms in total. The molecule has 0 saturated carbocycles. The molecule has 422 valence electrons. The second kappa shape index (κ2) is 24.3. The van der Waals surface area contributed by atoms with E-state index in [0.717, 1.165) is 81.5 Å². The summed E-state index contributed by atoms with van der Waals surface area (Å²) in [5.41, 5.74) is -1.23. The second-order valence-corrected chi connectivity index (χ2v) is 21.1. The number of aliphatic hydroxyl groups excluding tert-OH is 1. The summed E-state index contributed by atoms with van der Waals surface area (Å²) >= 11 is 0. The third-order valence-electron chi connectivity index (χ3n) is 14.1. The lowest BCUT2D eigenvalue weighted by molar-refractivity contribution is -0.220. The number of nitrogens with zero attached hydrogens (tertiary/aromatic N) is 6. The van der Waals surface area contributed by atoms with Crippen LogP contribution in [-0.4, -0.2) is 149 Å². The summed E-state index contributed by atoms with van der Waals surface area (Å²) in [5, 5.41) is 23.2. The average molecular weight is 1100 g/mol. The van der Waals surface area contributed by atoms with Gasteiger partial charge in [0.15, 0.2) is 6.10 Å². The second-order valence-electron chi connectivity index (χ2n) is 21.1. The Balaban J connectivity index is 1.16. The summed E-state index contributed by atoms with van der Waals surface area (Å²) in [5.74, 6) is 2.05. The van der Waals surface area contributed by atoms with E-state index in [9.17, 15) is 46.2 Å². The normalized spacial score (nSPS) is 18.5. The van der Waals surface area contributed by atoms with Crippen molar-refractivity contribution < 1.29 is 69.2 Å². The summed E-state index contributed by atoms with van der Waals surface area (Å²) in [6.45, 7) is 4.50. The van der Waals surface area contributed by atoms with E-state index >= 15 is 8.78 Å². The maximum absolute atomic E-state index is 16.0. The third kappa shape index (κ3) is 14.0. The van der Waals surface area contributed by atoms with E-state index in [1.54, 1.807) is 51.2 Å². The molecule has 5 N–H and O–H groups in total. The van der Waals surface area contributed by atoms with Crippen molar-refractivity contribution in [1.82, 2.24) is 46.0 Å². The molecule has 0 spiro atoms. The van der Waals surface area contributed by atoms with Crippen molar-refractivity contribution in [2.45, 2.75) is 116 Å². The van der Waals surface area contributed by atoms with Gasteiger partial charge < -0.3 is 40.2 Å². The maximum Gasteiger partial charge on any atom is 0.407 e. The van der Waals surface area contributed by atoms with Crippen LogP contribution in [0.25, 0.3) is 11.3 Å². The van der Waals surface area contributed by atoms with Crippen LogP contribution >= 0.6 is 0 Å². The molecule has 78 heavy (non-hydrogen) atoms. The molecule has 25 heteroatoms. The summed E-state index contributed by atoms with van der Waals surface area (Å²) in [6, 6.07) is 10.4. The van der Waals surface area contributed by atoms with E-state index in [-0.39, 0.29) is 22.4 Å². The summed E-state index contributed by atoms with van der Waals surface area (Å²) < 4.78 is 118. The number of methoxy groups -OCH3 is 1. The number of hydrazine groups is 1. The van der Waals surface area contributed by atoms with E-state index in [0.29, 0.717) is 48.7 Å². The van der Waals surface area contributed by atoms with Crippen LogP contribution in [-0.2, 0) is 36.8 Å². The van der Waals surface area contributed by atoms with Crippen molar-refractivity contribution in [2.24, 2.45) is 10.8 Å². The smallest absolute Gasteiger partial charge is 0.407 e. The number of aliphatic hydroxyl groups is 1. The molecule has 3 aliphatic rings. The van der Waals surface area contributed by atoms with Gasteiger partial charge in [-0.25, -0.2) is 33.0 Å². The number of aromatic nitrogens is 3. The van der Waals surface area contributed by atoms with Crippen LogP contribution in [0.3, 0.4) is 0 Å². The minimum Gasteiger partial charge on any atom is -0.453 e. The number of carbonyl (C=O) groups excluding carboxylic acids is 4. The SMILES string of the molecule is CNC(=O)O[C@H](C(=O)NN(Cc1c(F)cc(-c2ccn(C(F)F)n2)cc1F)C[C@H](O)[C@H](Cc1ccc(C#Cc2ccc(N3C[C@@H]4CC[C@@H](C3)N4C3COC3)nc2)cc1)NC(=O)[C@@H](NC(=O)OC)C(C)(C)C(F)(F)F)C(C)(C)C. The largest absolute Gasteiger partial charge is 0.453 e. The molecule has 4 amide bonds. The number of alkyl halides is 5. The minimum absolute atomic E-state index is 0.207. The monoisotopic (exact) mass is 1100 g/mol. The zero-order chi connectivity index (χ0) is 56.9. The predicted molar refractivity (Wildman–Crippen MR) is 269 cm³/mol. The van der Waals surface area contributed by atoms with E-state index in [4.69, 9.17) is 14.5 Å². The first-order chi connectivity index (χ1) is 36.8. The fourth-order valence-electron chi connectivity index (χ4n) is 9.55. The Kier molecular flexibility index (Phi) is 18.3. The molecule has 3 aliphatic heterocycles. The molecule has 6 atom stereocenters.